The molecule has 2 aliphatic heterocycles. The van der Waals surface area contributed by atoms with Crippen molar-refractivity contribution in [3.8, 4) is 0 Å². The SMILES string of the molecule is CN=C(NCc1cccc(CN2CCOCC2)c1)N1CCC(COCc2ccccc2)C1.I. The van der Waals surface area contributed by atoms with Crippen LogP contribution >= 0.6 is 24.0 Å². The molecule has 7 heteroatoms. The van der Waals surface area contributed by atoms with Crippen LogP contribution in [0.15, 0.2) is 59.6 Å². The molecular formula is C26H37IN4O2. The lowest BCUT2D eigenvalue weighted by atomic mass is 10.1. The molecule has 2 fully saturated rings. The Bertz CT molecular complexity index is 858. The van der Waals surface area contributed by atoms with Gasteiger partial charge in [-0.05, 0) is 23.1 Å². The number of rotatable bonds is 8. The molecule has 0 bridgehead atoms. The summed E-state index contributed by atoms with van der Waals surface area (Å²) in [4.78, 5) is 9.34. The minimum Gasteiger partial charge on any atom is -0.379 e. The number of hydrogen-bond donors (Lipinski definition) is 1. The summed E-state index contributed by atoms with van der Waals surface area (Å²) in [5.41, 5.74) is 3.88. The highest BCUT2D eigenvalue weighted by molar-refractivity contribution is 14.0. The average Bonchev–Trinajstić information content (AvgIpc) is 3.30. The first-order chi connectivity index (χ1) is 15.8. The molecular weight excluding hydrogens is 527 g/mol. The molecule has 6 nitrogen and oxygen atoms in total. The lowest BCUT2D eigenvalue weighted by Gasteiger charge is -2.26. The van der Waals surface area contributed by atoms with Crippen molar-refractivity contribution >= 4 is 29.9 Å². The van der Waals surface area contributed by atoms with Gasteiger partial charge in [-0.1, -0.05) is 54.6 Å². The zero-order valence-electron chi connectivity index (χ0n) is 19.6. The van der Waals surface area contributed by atoms with Crippen molar-refractivity contribution in [3.05, 3.63) is 71.3 Å². The van der Waals surface area contributed by atoms with Crippen LogP contribution in [-0.2, 0) is 29.2 Å². The summed E-state index contributed by atoms with van der Waals surface area (Å²) in [6.45, 7) is 8.98. The summed E-state index contributed by atoms with van der Waals surface area (Å²) in [5.74, 6) is 1.53. The Kier molecular flexibility index (Phi) is 10.9. The first kappa shape index (κ1) is 25.9. The number of likely N-dealkylation sites (tertiary alicyclic amines) is 1. The minimum atomic E-state index is 0. The van der Waals surface area contributed by atoms with Crippen LogP contribution in [0.5, 0.6) is 0 Å². The molecule has 0 spiro atoms. The summed E-state index contributed by atoms with van der Waals surface area (Å²) in [6.07, 6.45) is 1.14. The van der Waals surface area contributed by atoms with Gasteiger partial charge in [-0.25, -0.2) is 0 Å². The quantitative estimate of drug-likeness (QED) is 0.301. The molecule has 33 heavy (non-hydrogen) atoms. The summed E-state index contributed by atoms with van der Waals surface area (Å²) in [6, 6.07) is 19.3. The first-order valence-corrected chi connectivity index (χ1v) is 11.8. The van der Waals surface area contributed by atoms with Crippen LogP contribution in [-0.4, -0.2) is 68.8 Å². The Morgan fingerprint density at radius 3 is 2.58 bits per heavy atom. The van der Waals surface area contributed by atoms with Gasteiger partial charge in [0.15, 0.2) is 5.96 Å². The largest absolute Gasteiger partial charge is 0.379 e. The first-order valence-electron chi connectivity index (χ1n) is 11.8. The molecule has 180 valence electrons. The van der Waals surface area contributed by atoms with E-state index in [2.05, 4.69) is 68.6 Å². The molecule has 2 aliphatic rings. The van der Waals surface area contributed by atoms with Gasteiger partial charge in [0.2, 0.25) is 0 Å². The summed E-state index contributed by atoms with van der Waals surface area (Å²) >= 11 is 0. The maximum atomic E-state index is 5.97. The van der Waals surface area contributed by atoms with Crippen LogP contribution in [0.3, 0.4) is 0 Å². The molecule has 4 rings (SSSR count). The van der Waals surface area contributed by atoms with Gasteiger partial charge in [0.1, 0.15) is 0 Å². The van der Waals surface area contributed by atoms with E-state index in [4.69, 9.17) is 9.47 Å². The number of benzene rings is 2. The van der Waals surface area contributed by atoms with Crippen LogP contribution < -0.4 is 5.32 Å². The smallest absolute Gasteiger partial charge is 0.193 e. The number of hydrogen-bond acceptors (Lipinski definition) is 4. The van der Waals surface area contributed by atoms with Gasteiger partial charge in [0, 0.05) is 52.2 Å². The number of ether oxygens (including phenoxy) is 2. The minimum absolute atomic E-state index is 0. The van der Waals surface area contributed by atoms with E-state index < -0.39 is 0 Å². The highest BCUT2D eigenvalue weighted by atomic mass is 127. The van der Waals surface area contributed by atoms with Crippen molar-refractivity contribution < 1.29 is 9.47 Å². The zero-order chi connectivity index (χ0) is 22.0. The molecule has 1 unspecified atom stereocenters. The molecule has 0 aromatic heterocycles. The third kappa shape index (κ3) is 8.24. The molecule has 0 saturated carbocycles. The number of halogens is 1. The standard InChI is InChI=1S/C26H36N4O2.HI/c1-27-26(30-11-10-25(19-30)21-32-20-22-6-3-2-4-7-22)28-17-23-8-5-9-24(16-23)18-29-12-14-31-15-13-29;/h2-9,16,25H,10-15,17-21H2,1H3,(H,27,28);1H. The van der Waals surface area contributed by atoms with Crippen molar-refractivity contribution in [2.24, 2.45) is 10.9 Å². The van der Waals surface area contributed by atoms with E-state index in [0.29, 0.717) is 12.5 Å². The van der Waals surface area contributed by atoms with Gasteiger partial charge >= 0.3 is 0 Å². The van der Waals surface area contributed by atoms with Gasteiger partial charge in [0.05, 0.1) is 26.4 Å². The Labute approximate surface area is 215 Å². The van der Waals surface area contributed by atoms with Crippen molar-refractivity contribution in [2.45, 2.75) is 26.1 Å². The van der Waals surface area contributed by atoms with Crippen molar-refractivity contribution in [1.82, 2.24) is 15.1 Å². The van der Waals surface area contributed by atoms with E-state index >= 15 is 0 Å². The van der Waals surface area contributed by atoms with E-state index in [-0.39, 0.29) is 24.0 Å². The molecule has 0 radical (unpaired) electrons. The molecule has 2 heterocycles. The van der Waals surface area contributed by atoms with Crippen LogP contribution in [0.1, 0.15) is 23.1 Å². The van der Waals surface area contributed by atoms with Gasteiger partial charge < -0.3 is 19.7 Å². The van der Waals surface area contributed by atoms with E-state index in [0.717, 1.165) is 71.5 Å². The number of nitrogens with one attached hydrogen (secondary N) is 1. The predicted molar refractivity (Wildman–Crippen MR) is 144 cm³/mol. The number of guanidine groups is 1. The number of aliphatic imine (C=N–C) groups is 1. The third-order valence-electron chi connectivity index (χ3n) is 6.21. The maximum absolute atomic E-state index is 5.97. The van der Waals surface area contributed by atoms with Crippen molar-refractivity contribution in [3.63, 3.8) is 0 Å². The van der Waals surface area contributed by atoms with Crippen LogP contribution in [0.4, 0.5) is 0 Å². The molecule has 1 atom stereocenters. The van der Waals surface area contributed by atoms with Crippen LogP contribution in [0, 0.1) is 5.92 Å². The Hall–Kier alpha value is -1.68. The van der Waals surface area contributed by atoms with Gasteiger partial charge in [-0.3, -0.25) is 9.89 Å². The van der Waals surface area contributed by atoms with Crippen LogP contribution in [0.25, 0.3) is 0 Å². The maximum Gasteiger partial charge on any atom is 0.193 e. The van der Waals surface area contributed by atoms with E-state index in [1.165, 1.54) is 16.7 Å². The topological polar surface area (TPSA) is 49.3 Å². The van der Waals surface area contributed by atoms with Crippen molar-refractivity contribution in [2.75, 3.05) is 53.0 Å². The Morgan fingerprint density at radius 1 is 1.03 bits per heavy atom. The number of nitrogens with zero attached hydrogens (tertiary/aromatic N) is 3. The monoisotopic (exact) mass is 564 g/mol. The Morgan fingerprint density at radius 2 is 1.79 bits per heavy atom. The second-order valence-electron chi connectivity index (χ2n) is 8.71. The molecule has 1 N–H and O–H groups in total. The lowest BCUT2D eigenvalue weighted by molar-refractivity contribution is 0.0342. The fraction of sp³-hybridized carbons (Fsp3) is 0.500. The lowest BCUT2D eigenvalue weighted by Crippen LogP contribution is -2.39. The predicted octanol–water partition coefficient (Wildman–Crippen LogP) is 3.75. The average molecular weight is 565 g/mol. The zero-order valence-corrected chi connectivity index (χ0v) is 21.9. The number of morpholine rings is 1. The van der Waals surface area contributed by atoms with E-state index in [1.807, 2.05) is 13.1 Å². The van der Waals surface area contributed by atoms with Gasteiger partial charge in [-0.2, -0.15) is 0 Å². The second-order valence-corrected chi connectivity index (χ2v) is 8.71. The highest BCUT2D eigenvalue weighted by Crippen LogP contribution is 2.18. The van der Waals surface area contributed by atoms with Gasteiger partial charge in [-0.15, -0.1) is 24.0 Å². The fourth-order valence-electron chi connectivity index (χ4n) is 4.45. The van der Waals surface area contributed by atoms with E-state index in [9.17, 15) is 0 Å². The van der Waals surface area contributed by atoms with Crippen LogP contribution in [0.2, 0.25) is 0 Å². The molecule has 0 aliphatic carbocycles. The summed E-state index contributed by atoms with van der Waals surface area (Å²) < 4.78 is 11.4. The summed E-state index contributed by atoms with van der Waals surface area (Å²) in [5, 5.41) is 3.56. The molecule has 2 aromatic carbocycles. The van der Waals surface area contributed by atoms with E-state index in [1.54, 1.807) is 0 Å². The third-order valence-corrected chi connectivity index (χ3v) is 6.21. The van der Waals surface area contributed by atoms with Crippen molar-refractivity contribution in [1.29, 1.82) is 0 Å². The van der Waals surface area contributed by atoms with Gasteiger partial charge in [0.25, 0.3) is 0 Å². The molecule has 0 amide bonds. The molecule has 2 aromatic rings. The highest BCUT2D eigenvalue weighted by Gasteiger charge is 2.25. The normalized spacial score (nSPS) is 19.4. The second kappa shape index (κ2) is 13.9. The summed E-state index contributed by atoms with van der Waals surface area (Å²) in [7, 11) is 1.87. The molecule has 2 saturated heterocycles. The Balaban J connectivity index is 0.00000306. The fourth-order valence-corrected chi connectivity index (χ4v) is 4.45.